The van der Waals surface area contributed by atoms with Gasteiger partial charge >= 0.3 is 0 Å². The number of nitrogens with zero attached hydrogens (tertiary/aromatic N) is 2. The summed E-state index contributed by atoms with van der Waals surface area (Å²) in [5.41, 5.74) is 5.16. The predicted octanol–water partition coefficient (Wildman–Crippen LogP) is 1.59. The highest BCUT2D eigenvalue weighted by atomic mass is 16.5. The molecule has 0 aromatic heterocycles. The molecule has 1 aliphatic carbocycles. The second-order valence-electron chi connectivity index (χ2n) is 6.74. The van der Waals surface area contributed by atoms with Gasteiger partial charge in [0.2, 0.25) is 0 Å². The van der Waals surface area contributed by atoms with E-state index >= 15 is 0 Å². The third-order valence-electron chi connectivity index (χ3n) is 5.17. The van der Waals surface area contributed by atoms with Gasteiger partial charge in [0.15, 0.2) is 0 Å². The van der Waals surface area contributed by atoms with Gasteiger partial charge in [-0.3, -0.25) is 4.99 Å². The number of aliphatic imine (C=N–C) groups is 1. The lowest BCUT2D eigenvalue weighted by molar-refractivity contribution is -0.151. The molecule has 0 saturated carbocycles. The van der Waals surface area contributed by atoms with Crippen molar-refractivity contribution < 1.29 is 5.21 Å². The van der Waals surface area contributed by atoms with Crippen LogP contribution in [-0.4, -0.2) is 47.7 Å². The van der Waals surface area contributed by atoms with Gasteiger partial charge in [-0.25, -0.2) is 0 Å². The molecular weight excluding hydrogens is 276 g/mol. The Kier molecular flexibility index (Phi) is 3.64. The van der Waals surface area contributed by atoms with E-state index < -0.39 is 0 Å². The molecule has 3 aliphatic heterocycles. The van der Waals surface area contributed by atoms with Crippen LogP contribution in [0.15, 0.2) is 40.2 Å². The molecule has 22 heavy (non-hydrogen) atoms. The molecule has 0 radical (unpaired) electrons. The normalized spacial score (nSPS) is 31.9. The summed E-state index contributed by atoms with van der Waals surface area (Å²) >= 11 is 0. The molecule has 118 valence electrons. The SMILES string of the molecule is CCC1CC=C(C2C=C(NC3CN(O)C3)C3=NC=C3C2)CN1. The summed E-state index contributed by atoms with van der Waals surface area (Å²) in [6, 6.07) is 0.974. The highest BCUT2D eigenvalue weighted by Gasteiger charge is 2.33. The third-order valence-corrected chi connectivity index (χ3v) is 5.17. The minimum Gasteiger partial charge on any atom is -0.378 e. The minimum absolute atomic E-state index is 0.336. The maximum Gasteiger partial charge on any atom is 0.0905 e. The van der Waals surface area contributed by atoms with Crippen LogP contribution in [0, 0.1) is 5.92 Å². The topological polar surface area (TPSA) is 59.9 Å². The van der Waals surface area contributed by atoms with E-state index in [4.69, 9.17) is 0 Å². The first-order chi connectivity index (χ1) is 10.7. The highest BCUT2D eigenvalue weighted by Crippen LogP contribution is 2.34. The Labute approximate surface area is 131 Å². The van der Waals surface area contributed by atoms with Crippen molar-refractivity contribution in [2.45, 2.75) is 38.3 Å². The van der Waals surface area contributed by atoms with Crippen LogP contribution in [0.4, 0.5) is 0 Å². The molecule has 2 atom stereocenters. The van der Waals surface area contributed by atoms with Crippen molar-refractivity contribution >= 4 is 5.71 Å². The summed E-state index contributed by atoms with van der Waals surface area (Å²) in [6.07, 6.45) is 10.2. The smallest absolute Gasteiger partial charge is 0.0905 e. The van der Waals surface area contributed by atoms with Gasteiger partial charge in [-0.05, 0) is 24.8 Å². The minimum atomic E-state index is 0.336. The van der Waals surface area contributed by atoms with E-state index in [0.717, 1.165) is 30.8 Å². The van der Waals surface area contributed by atoms with Crippen LogP contribution in [0.5, 0.6) is 0 Å². The maximum atomic E-state index is 9.30. The quantitative estimate of drug-likeness (QED) is 0.690. The molecule has 0 spiro atoms. The lowest BCUT2D eigenvalue weighted by atomic mass is 9.80. The molecule has 0 aromatic carbocycles. The number of hydroxylamine groups is 2. The Balaban J connectivity index is 1.48. The first-order valence-electron chi connectivity index (χ1n) is 8.35. The largest absolute Gasteiger partial charge is 0.378 e. The van der Waals surface area contributed by atoms with Crippen molar-refractivity contribution in [1.29, 1.82) is 0 Å². The van der Waals surface area contributed by atoms with E-state index in [1.807, 2.05) is 6.20 Å². The summed E-state index contributed by atoms with van der Waals surface area (Å²) < 4.78 is 0. The van der Waals surface area contributed by atoms with Crippen molar-refractivity contribution in [3.05, 3.63) is 35.2 Å². The van der Waals surface area contributed by atoms with E-state index in [1.165, 1.54) is 22.6 Å². The van der Waals surface area contributed by atoms with Gasteiger partial charge in [0.1, 0.15) is 0 Å². The average molecular weight is 300 g/mol. The Bertz CT molecular complexity index is 583. The standard InChI is InChI=1S/C17H24N4O/c1-2-14-4-3-11(7-18-14)12-5-13-8-19-17(13)16(6-12)20-15-9-21(22)10-15/h3,6,8,12,14-15,18,20,22H,2,4-5,7,9-10H2,1H3. The van der Waals surface area contributed by atoms with Gasteiger partial charge in [0.05, 0.1) is 17.5 Å². The number of hydrogen-bond donors (Lipinski definition) is 3. The number of rotatable bonds is 4. The van der Waals surface area contributed by atoms with E-state index in [2.05, 4.69) is 34.7 Å². The van der Waals surface area contributed by atoms with Crippen molar-refractivity contribution in [3.8, 4) is 0 Å². The van der Waals surface area contributed by atoms with E-state index in [0.29, 0.717) is 31.1 Å². The van der Waals surface area contributed by atoms with Crippen LogP contribution in [0.2, 0.25) is 0 Å². The van der Waals surface area contributed by atoms with Gasteiger partial charge in [0, 0.05) is 37.8 Å². The molecule has 0 amide bonds. The van der Waals surface area contributed by atoms with Gasteiger partial charge < -0.3 is 15.8 Å². The second kappa shape index (κ2) is 5.65. The zero-order chi connectivity index (χ0) is 15.1. The molecule has 1 saturated heterocycles. The fourth-order valence-electron chi connectivity index (χ4n) is 3.61. The first kappa shape index (κ1) is 14.2. The maximum absolute atomic E-state index is 9.30. The number of hydrogen-bond acceptors (Lipinski definition) is 5. The van der Waals surface area contributed by atoms with Crippen LogP contribution < -0.4 is 10.6 Å². The summed E-state index contributed by atoms with van der Waals surface area (Å²) in [4.78, 5) is 4.42. The fourth-order valence-corrected chi connectivity index (χ4v) is 3.61. The van der Waals surface area contributed by atoms with E-state index in [-0.39, 0.29) is 0 Å². The number of nitrogens with one attached hydrogen (secondary N) is 2. The van der Waals surface area contributed by atoms with Crippen LogP contribution in [0.1, 0.15) is 26.2 Å². The molecule has 5 nitrogen and oxygen atoms in total. The molecule has 4 aliphatic rings. The highest BCUT2D eigenvalue weighted by molar-refractivity contribution is 6.16. The molecule has 3 N–H and O–H groups in total. The van der Waals surface area contributed by atoms with Crippen molar-refractivity contribution in [1.82, 2.24) is 15.7 Å². The molecule has 0 aromatic rings. The summed E-state index contributed by atoms with van der Waals surface area (Å²) in [5.74, 6) is 0.476. The van der Waals surface area contributed by atoms with Crippen LogP contribution in [-0.2, 0) is 0 Å². The number of allylic oxidation sites excluding steroid dienone is 2. The molecule has 1 fully saturated rings. The van der Waals surface area contributed by atoms with E-state index in [9.17, 15) is 5.21 Å². The van der Waals surface area contributed by atoms with Crippen molar-refractivity contribution in [2.75, 3.05) is 19.6 Å². The second-order valence-corrected chi connectivity index (χ2v) is 6.74. The van der Waals surface area contributed by atoms with Crippen molar-refractivity contribution in [3.63, 3.8) is 0 Å². The lowest BCUT2D eigenvalue weighted by Crippen LogP contribution is -2.57. The zero-order valence-corrected chi connectivity index (χ0v) is 13.0. The Morgan fingerprint density at radius 2 is 2.32 bits per heavy atom. The zero-order valence-electron chi connectivity index (χ0n) is 13.0. The lowest BCUT2D eigenvalue weighted by Gasteiger charge is -2.39. The summed E-state index contributed by atoms with van der Waals surface area (Å²) in [6.45, 7) is 4.62. The Hall–Kier alpha value is -1.43. The van der Waals surface area contributed by atoms with Crippen LogP contribution in [0.25, 0.3) is 0 Å². The average Bonchev–Trinajstić information content (AvgIpc) is 2.47. The summed E-state index contributed by atoms with van der Waals surface area (Å²) in [7, 11) is 0. The molecular formula is C17H24N4O. The monoisotopic (exact) mass is 300 g/mol. The van der Waals surface area contributed by atoms with Crippen molar-refractivity contribution in [2.24, 2.45) is 10.9 Å². The molecule has 0 bridgehead atoms. The van der Waals surface area contributed by atoms with E-state index in [1.54, 1.807) is 0 Å². The third kappa shape index (κ3) is 2.53. The van der Waals surface area contributed by atoms with Gasteiger partial charge in [-0.1, -0.05) is 24.6 Å². The predicted molar refractivity (Wildman–Crippen MR) is 86.8 cm³/mol. The number of fused-ring (bicyclic) bond motifs is 1. The molecule has 2 unspecified atom stereocenters. The van der Waals surface area contributed by atoms with Crippen LogP contribution >= 0.6 is 0 Å². The summed E-state index contributed by atoms with van der Waals surface area (Å²) in [5, 5.41) is 17.8. The van der Waals surface area contributed by atoms with Gasteiger partial charge in [0.25, 0.3) is 0 Å². The Morgan fingerprint density at radius 3 is 2.91 bits per heavy atom. The molecule has 5 heteroatoms. The van der Waals surface area contributed by atoms with Gasteiger partial charge in [-0.2, -0.15) is 5.06 Å². The molecule has 4 rings (SSSR count). The Morgan fingerprint density at radius 1 is 1.45 bits per heavy atom. The first-order valence-corrected chi connectivity index (χ1v) is 8.35. The van der Waals surface area contributed by atoms with Crippen LogP contribution in [0.3, 0.4) is 0 Å². The fraction of sp³-hybridized carbons (Fsp3) is 0.588. The molecule has 3 heterocycles. The van der Waals surface area contributed by atoms with Gasteiger partial charge in [-0.15, -0.1) is 0 Å².